The molecule has 8 heteroatoms. The van der Waals surface area contributed by atoms with Crippen LogP contribution in [0.15, 0.2) is 40.0 Å². The molecule has 0 atom stereocenters. The van der Waals surface area contributed by atoms with Crippen LogP contribution in [0.2, 0.25) is 0 Å². The Kier molecular flexibility index (Phi) is 4.74. The molecule has 2 rings (SSSR count). The van der Waals surface area contributed by atoms with Gasteiger partial charge in [0.2, 0.25) is 0 Å². The number of hydrogen-bond acceptors (Lipinski definition) is 4. The Morgan fingerprint density at radius 1 is 1.22 bits per heavy atom. The van der Waals surface area contributed by atoms with Crippen molar-refractivity contribution in [2.75, 3.05) is 4.72 Å². The number of sulfonamides is 1. The second-order valence-electron chi connectivity index (χ2n) is 5.25. The summed E-state index contributed by atoms with van der Waals surface area (Å²) in [6.07, 6.45) is -0.294. The van der Waals surface area contributed by atoms with E-state index in [1.807, 2.05) is 0 Å². The lowest BCUT2D eigenvalue weighted by atomic mass is 10.3. The molecule has 2 aromatic rings. The summed E-state index contributed by atoms with van der Waals surface area (Å²) in [7, 11) is -4.18. The van der Waals surface area contributed by atoms with Crippen molar-refractivity contribution in [3.05, 3.63) is 52.2 Å². The zero-order valence-corrected chi connectivity index (χ0v) is 13.7. The normalized spacial score (nSPS) is 11.5. The van der Waals surface area contributed by atoms with Gasteiger partial charge in [-0.2, -0.15) is 0 Å². The summed E-state index contributed by atoms with van der Waals surface area (Å²) in [5, 5.41) is 0. The van der Waals surface area contributed by atoms with Gasteiger partial charge in [-0.3, -0.25) is 9.52 Å². The van der Waals surface area contributed by atoms with E-state index in [4.69, 9.17) is 4.74 Å². The van der Waals surface area contributed by atoms with Crippen LogP contribution in [-0.4, -0.2) is 19.5 Å². The fraction of sp³-hybridized carbons (Fsp3) is 0.267. The fourth-order valence-electron chi connectivity index (χ4n) is 1.90. The number of anilines is 1. The lowest BCUT2D eigenvalue weighted by molar-refractivity contribution is 0.235. The average Bonchev–Trinajstić information content (AvgIpc) is 2.43. The van der Waals surface area contributed by atoms with Crippen LogP contribution in [0, 0.1) is 12.7 Å². The predicted octanol–water partition coefficient (Wildman–Crippen LogP) is 2.41. The van der Waals surface area contributed by atoms with Crippen molar-refractivity contribution >= 4 is 15.7 Å². The third-order valence-corrected chi connectivity index (χ3v) is 4.24. The third kappa shape index (κ3) is 4.10. The molecule has 0 aliphatic heterocycles. The van der Waals surface area contributed by atoms with Crippen molar-refractivity contribution in [3.8, 4) is 5.75 Å². The number of aromatic nitrogens is 1. The molecule has 0 aliphatic rings. The molecule has 0 radical (unpaired) electrons. The Morgan fingerprint density at radius 3 is 2.52 bits per heavy atom. The monoisotopic (exact) mass is 340 g/mol. The number of nitrogens with one attached hydrogen (secondary N) is 2. The van der Waals surface area contributed by atoms with Gasteiger partial charge in [0.25, 0.3) is 15.6 Å². The van der Waals surface area contributed by atoms with Crippen molar-refractivity contribution in [2.24, 2.45) is 0 Å². The summed E-state index contributed by atoms with van der Waals surface area (Å²) in [6.45, 7) is 5.11. The van der Waals surface area contributed by atoms with Gasteiger partial charge in [0.1, 0.15) is 22.1 Å². The van der Waals surface area contributed by atoms with E-state index in [9.17, 15) is 17.6 Å². The van der Waals surface area contributed by atoms with Crippen LogP contribution >= 0.6 is 0 Å². The van der Waals surface area contributed by atoms with E-state index in [0.717, 1.165) is 12.1 Å². The van der Waals surface area contributed by atoms with E-state index in [2.05, 4.69) is 9.71 Å². The maximum Gasteiger partial charge on any atom is 0.272 e. The smallest absolute Gasteiger partial charge is 0.272 e. The van der Waals surface area contributed by atoms with Crippen LogP contribution in [-0.2, 0) is 10.0 Å². The number of rotatable bonds is 5. The van der Waals surface area contributed by atoms with Gasteiger partial charge in [-0.25, -0.2) is 12.8 Å². The number of benzene rings is 1. The van der Waals surface area contributed by atoms with Crippen molar-refractivity contribution in [1.82, 2.24) is 4.98 Å². The Morgan fingerprint density at radius 2 is 1.91 bits per heavy atom. The minimum atomic E-state index is -4.18. The van der Waals surface area contributed by atoms with Gasteiger partial charge in [0.05, 0.1) is 6.10 Å². The second kappa shape index (κ2) is 6.41. The molecule has 23 heavy (non-hydrogen) atoms. The first-order valence-corrected chi connectivity index (χ1v) is 8.36. The van der Waals surface area contributed by atoms with Crippen molar-refractivity contribution in [1.29, 1.82) is 0 Å². The highest BCUT2D eigenvalue weighted by Gasteiger charge is 2.22. The summed E-state index contributed by atoms with van der Waals surface area (Å²) in [6, 6.07) is 6.09. The molecule has 0 saturated heterocycles. The first kappa shape index (κ1) is 17.0. The Hall–Kier alpha value is -2.35. The molecule has 1 aromatic heterocycles. The first-order valence-electron chi connectivity index (χ1n) is 6.88. The number of pyridine rings is 1. The predicted molar refractivity (Wildman–Crippen MR) is 84.8 cm³/mol. The molecule has 6 nitrogen and oxygen atoms in total. The lowest BCUT2D eigenvalue weighted by Gasteiger charge is -2.15. The Balaban J connectivity index is 2.47. The molecular weight excluding hydrogens is 323 g/mol. The van der Waals surface area contributed by atoms with E-state index >= 15 is 0 Å². The molecule has 1 heterocycles. The first-order chi connectivity index (χ1) is 10.7. The third-order valence-electron chi connectivity index (χ3n) is 2.86. The van der Waals surface area contributed by atoms with Crippen LogP contribution in [0.5, 0.6) is 5.75 Å². The van der Waals surface area contributed by atoms with Gasteiger partial charge >= 0.3 is 0 Å². The molecular formula is C15H17FN2O4S. The zero-order chi connectivity index (χ0) is 17.2. The summed E-state index contributed by atoms with van der Waals surface area (Å²) in [5.74, 6) is -0.711. The Bertz CT molecular complexity index is 875. The van der Waals surface area contributed by atoms with Gasteiger partial charge in [-0.1, -0.05) is 0 Å². The molecule has 0 amide bonds. The molecule has 0 bridgehead atoms. The van der Waals surface area contributed by atoms with Crippen LogP contribution in [0.1, 0.15) is 19.5 Å². The van der Waals surface area contributed by atoms with Crippen molar-refractivity contribution in [3.63, 3.8) is 0 Å². The minimum Gasteiger partial charge on any atom is -0.490 e. The van der Waals surface area contributed by atoms with Crippen LogP contribution < -0.4 is 15.0 Å². The van der Waals surface area contributed by atoms with Gasteiger partial charge < -0.3 is 9.72 Å². The standard InChI is InChI=1S/C15H17FN2O4S/c1-9(2)22-13-7-5-11(16)8-14(13)23(20,21)18-12-6-4-10(3)17-15(12)19/h4-9,18H,1-3H3,(H,17,19). The van der Waals surface area contributed by atoms with Gasteiger partial charge in [0, 0.05) is 5.69 Å². The lowest BCUT2D eigenvalue weighted by Crippen LogP contribution is -2.21. The van der Waals surface area contributed by atoms with Crippen LogP contribution in [0.25, 0.3) is 0 Å². The minimum absolute atomic E-state index is 0.0115. The maximum absolute atomic E-state index is 13.5. The summed E-state index contributed by atoms with van der Waals surface area (Å²) < 4.78 is 46.0. The Labute approximate surface area is 133 Å². The molecule has 2 N–H and O–H groups in total. The number of hydrogen-bond donors (Lipinski definition) is 2. The fourth-order valence-corrected chi connectivity index (χ4v) is 3.10. The second-order valence-corrected chi connectivity index (χ2v) is 6.90. The number of aromatic amines is 1. The number of aryl methyl sites for hydroxylation is 1. The van der Waals surface area contributed by atoms with E-state index in [-0.39, 0.29) is 22.4 Å². The van der Waals surface area contributed by atoms with Gasteiger partial charge in [-0.05, 0) is 51.1 Å². The molecule has 0 saturated carbocycles. The average molecular weight is 340 g/mol. The van der Waals surface area contributed by atoms with Crippen molar-refractivity contribution < 1.29 is 17.5 Å². The van der Waals surface area contributed by atoms with E-state index < -0.39 is 21.4 Å². The van der Waals surface area contributed by atoms with Crippen LogP contribution in [0.4, 0.5) is 10.1 Å². The summed E-state index contributed by atoms with van der Waals surface area (Å²) in [5.41, 5.74) is -0.154. The highest BCUT2D eigenvalue weighted by molar-refractivity contribution is 7.92. The summed E-state index contributed by atoms with van der Waals surface area (Å²) in [4.78, 5) is 13.9. The van der Waals surface area contributed by atoms with Crippen LogP contribution in [0.3, 0.4) is 0 Å². The maximum atomic E-state index is 13.5. The van der Waals surface area contributed by atoms with Gasteiger partial charge in [0.15, 0.2) is 0 Å². The number of halogens is 1. The van der Waals surface area contributed by atoms with E-state index in [1.165, 1.54) is 12.1 Å². The molecule has 0 aliphatic carbocycles. The number of ether oxygens (including phenoxy) is 1. The topological polar surface area (TPSA) is 88.3 Å². The summed E-state index contributed by atoms with van der Waals surface area (Å²) >= 11 is 0. The molecule has 0 fully saturated rings. The number of H-pyrrole nitrogens is 1. The van der Waals surface area contributed by atoms with E-state index in [1.54, 1.807) is 26.8 Å². The molecule has 0 unspecified atom stereocenters. The van der Waals surface area contributed by atoms with Crippen molar-refractivity contribution in [2.45, 2.75) is 31.8 Å². The molecule has 0 spiro atoms. The quantitative estimate of drug-likeness (QED) is 0.875. The largest absolute Gasteiger partial charge is 0.490 e. The van der Waals surface area contributed by atoms with E-state index in [0.29, 0.717) is 5.69 Å². The molecule has 1 aromatic carbocycles. The highest BCUT2D eigenvalue weighted by atomic mass is 32.2. The SMILES string of the molecule is Cc1ccc(NS(=O)(=O)c2cc(F)ccc2OC(C)C)c(=O)[nH]1. The highest BCUT2D eigenvalue weighted by Crippen LogP contribution is 2.27. The van der Waals surface area contributed by atoms with Gasteiger partial charge in [-0.15, -0.1) is 0 Å². The zero-order valence-electron chi connectivity index (χ0n) is 12.9. The molecule has 124 valence electrons.